The number of thiophene rings is 1. The Balaban J connectivity index is 1.55. The van der Waals surface area contributed by atoms with Crippen molar-refractivity contribution >= 4 is 45.6 Å². The number of benzene rings is 2. The van der Waals surface area contributed by atoms with Crippen molar-refractivity contribution in [2.45, 2.75) is 30.5 Å². The number of rotatable bonds is 8. The molecular formula is C25H21N5O4S2. The van der Waals surface area contributed by atoms with E-state index in [4.69, 9.17) is 4.52 Å². The second kappa shape index (κ2) is 11.1. The summed E-state index contributed by atoms with van der Waals surface area (Å²) >= 11 is 2.06. The van der Waals surface area contributed by atoms with Gasteiger partial charge in [-0.1, -0.05) is 43.3 Å². The topological polar surface area (TPSA) is 135 Å². The Kier molecular flexibility index (Phi) is 7.68. The molecule has 2 heterocycles. The molecule has 0 bridgehead atoms. The van der Waals surface area contributed by atoms with E-state index in [1.54, 1.807) is 55.5 Å². The second-order valence-electron chi connectivity index (χ2n) is 7.61. The molecule has 2 amide bonds. The molecule has 0 saturated heterocycles. The van der Waals surface area contributed by atoms with Crippen molar-refractivity contribution < 1.29 is 23.9 Å². The van der Waals surface area contributed by atoms with Crippen LogP contribution >= 0.6 is 23.1 Å². The maximum atomic E-state index is 13.2. The van der Waals surface area contributed by atoms with Gasteiger partial charge in [0.05, 0.1) is 21.0 Å². The van der Waals surface area contributed by atoms with Gasteiger partial charge >= 0.3 is 0 Å². The van der Waals surface area contributed by atoms with Crippen molar-refractivity contribution in [1.82, 2.24) is 5.27 Å². The first-order chi connectivity index (χ1) is 17.4. The maximum absolute atomic E-state index is 13.2. The third-order valence-electron chi connectivity index (χ3n) is 5.22. The smallest absolute Gasteiger partial charge is 0.298 e. The number of thioether (sulfide) groups is 1. The molecular weight excluding hydrogens is 498 g/mol. The Hall–Kier alpha value is -4.14. The lowest BCUT2D eigenvalue weighted by Crippen LogP contribution is -2.36. The highest BCUT2D eigenvalue weighted by Crippen LogP contribution is 2.35. The normalized spacial score (nSPS) is 11.5. The molecule has 4 rings (SSSR count). The van der Waals surface area contributed by atoms with Crippen molar-refractivity contribution in [1.29, 1.82) is 5.26 Å². The Morgan fingerprint density at radius 1 is 1.17 bits per heavy atom. The number of nitriles is 1. The zero-order chi connectivity index (χ0) is 25.7. The number of carbonyl (C=O) groups is 2. The molecule has 0 aliphatic carbocycles. The van der Waals surface area contributed by atoms with Crippen molar-refractivity contribution in [2.75, 3.05) is 10.6 Å². The first-order valence-corrected chi connectivity index (χ1v) is 12.6. The summed E-state index contributed by atoms with van der Waals surface area (Å²) in [4.78, 5) is 26.3. The minimum absolute atomic E-state index is 0.161. The van der Waals surface area contributed by atoms with E-state index in [2.05, 4.69) is 22.0 Å². The van der Waals surface area contributed by atoms with Gasteiger partial charge in [0, 0.05) is 17.8 Å². The molecule has 0 saturated carbocycles. The highest BCUT2D eigenvalue weighted by molar-refractivity contribution is 8.00. The van der Waals surface area contributed by atoms with Gasteiger partial charge in [-0.05, 0) is 47.5 Å². The van der Waals surface area contributed by atoms with Gasteiger partial charge in [0.1, 0.15) is 11.1 Å². The third kappa shape index (κ3) is 5.25. The van der Waals surface area contributed by atoms with Crippen LogP contribution < -0.4 is 20.4 Å². The molecule has 36 heavy (non-hydrogen) atoms. The Bertz CT molecular complexity index is 1430. The van der Waals surface area contributed by atoms with E-state index in [-0.39, 0.29) is 21.5 Å². The van der Waals surface area contributed by atoms with Crippen LogP contribution in [0.25, 0.3) is 5.69 Å². The lowest BCUT2D eigenvalue weighted by Gasteiger charge is -2.12. The van der Waals surface area contributed by atoms with Crippen LogP contribution in [0, 0.1) is 18.3 Å². The lowest BCUT2D eigenvalue weighted by molar-refractivity contribution is -0.705. The quantitative estimate of drug-likeness (QED) is 0.265. The predicted molar refractivity (Wildman–Crippen MR) is 134 cm³/mol. The number of carbonyl (C=O) groups excluding carboxylic acids is 2. The monoisotopic (exact) mass is 519 g/mol. The first-order valence-electron chi connectivity index (χ1n) is 10.9. The molecule has 0 aliphatic rings. The van der Waals surface area contributed by atoms with Crippen LogP contribution in [0.5, 0.6) is 5.95 Å². The molecule has 1 unspecified atom stereocenters. The van der Waals surface area contributed by atoms with Crippen LogP contribution in [0.2, 0.25) is 0 Å². The van der Waals surface area contributed by atoms with Crippen molar-refractivity contribution in [3.05, 3.63) is 76.7 Å². The lowest BCUT2D eigenvalue weighted by atomic mass is 10.1. The van der Waals surface area contributed by atoms with Crippen LogP contribution in [0.15, 0.2) is 70.2 Å². The second-order valence-corrected chi connectivity index (χ2v) is 9.82. The Labute approximate surface area is 215 Å². The number of amides is 2. The Morgan fingerprint density at radius 3 is 2.47 bits per heavy atom. The molecule has 9 nitrogen and oxygen atoms in total. The average Bonchev–Trinajstić information content (AvgIpc) is 3.41. The fourth-order valence-corrected chi connectivity index (χ4v) is 5.41. The van der Waals surface area contributed by atoms with Gasteiger partial charge in [0.25, 0.3) is 10.9 Å². The van der Waals surface area contributed by atoms with Crippen molar-refractivity contribution in [2.24, 2.45) is 0 Å². The summed E-state index contributed by atoms with van der Waals surface area (Å²) in [6.45, 7) is 3.48. The van der Waals surface area contributed by atoms with E-state index in [0.29, 0.717) is 28.2 Å². The Morgan fingerprint density at radius 2 is 1.83 bits per heavy atom. The number of aromatic nitrogens is 2. The summed E-state index contributed by atoms with van der Waals surface area (Å²) < 4.78 is 6.20. The van der Waals surface area contributed by atoms with Gasteiger partial charge in [-0.2, -0.15) is 5.26 Å². The number of para-hydroxylation sites is 2. The fourth-order valence-electron chi connectivity index (χ4n) is 3.38. The van der Waals surface area contributed by atoms with Crippen molar-refractivity contribution in [3.8, 4) is 17.7 Å². The van der Waals surface area contributed by atoms with Crippen LogP contribution in [-0.4, -0.2) is 22.3 Å². The van der Waals surface area contributed by atoms with Crippen LogP contribution in [-0.2, 0) is 4.79 Å². The molecule has 0 spiro atoms. The molecule has 2 N–H and O–H groups in total. The van der Waals surface area contributed by atoms with Gasteiger partial charge in [-0.25, -0.2) is 0 Å². The number of anilines is 2. The summed E-state index contributed by atoms with van der Waals surface area (Å²) in [5.41, 5.74) is 1.95. The van der Waals surface area contributed by atoms with Gasteiger partial charge in [-0.3, -0.25) is 9.59 Å². The zero-order valence-electron chi connectivity index (χ0n) is 19.3. The summed E-state index contributed by atoms with van der Waals surface area (Å²) in [6, 6.07) is 20.0. The third-order valence-corrected chi connectivity index (χ3v) is 7.82. The summed E-state index contributed by atoms with van der Waals surface area (Å²) in [7, 11) is 0. The largest absolute Gasteiger partial charge is 0.538 e. The highest BCUT2D eigenvalue weighted by atomic mass is 32.2. The molecule has 4 aromatic rings. The van der Waals surface area contributed by atoms with Gasteiger partial charge in [0.2, 0.25) is 11.6 Å². The zero-order valence-corrected chi connectivity index (χ0v) is 21.0. The average molecular weight is 520 g/mol. The van der Waals surface area contributed by atoms with E-state index >= 15 is 0 Å². The van der Waals surface area contributed by atoms with E-state index < -0.39 is 17.1 Å². The molecule has 2 aromatic carbocycles. The van der Waals surface area contributed by atoms with E-state index in [9.17, 15) is 20.0 Å². The number of hydrogen-bond acceptors (Lipinski definition) is 8. The minimum atomic E-state index is -0.678. The highest BCUT2D eigenvalue weighted by Gasteiger charge is 2.30. The van der Waals surface area contributed by atoms with Gasteiger partial charge in [-0.15, -0.1) is 11.3 Å². The summed E-state index contributed by atoms with van der Waals surface area (Å²) in [6.07, 6.45) is 0.392. The van der Waals surface area contributed by atoms with Crippen molar-refractivity contribution in [3.63, 3.8) is 0 Å². The first kappa shape index (κ1) is 25.0. The standard InChI is InChI=1S/C25H21N5O4S2/c1-3-19(35-24-25(33)34-29-30(24)17-12-8-5-9-13-17)21(31)28-23-18(14-26)15(2)20(36-23)22(32)27-16-10-6-4-7-11-16/h4-13,19H,3H2,1-2H3,(H2-,27,28,29,31,32,33). The molecule has 1 atom stereocenters. The maximum Gasteiger partial charge on any atom is 0.298 e. The SMILES string of the molecule is CCC(Sc1c([O-])on[n+]1-c1ccccc1)C(=O)Nc1sc(C(=O)Nc2ccccc2)c(C)c1C#N. The molecule has 2 aromatic heterocycles. The van der Waals surface area contributed by atoms with Crippen LogP contribution in [0.1, 0.15) is 34.1 Å². The number of nitrogens with one attached hydrogen (secondary N) is 2. The van der Waals surface area contributed by atoms with Crippen LogP contribution in [0.3, 0.4) is 0 Å². The molecule has 182 valence electrons. The van der Waals surface area contributed by atoms with Gasteiger partial charge in [0.15, 0.2) is 5.95 Å². The summed E-state index contributed by atoms with van der Waals surface area (Å²) in [5, 5.41) is 31.2. The summed E-state index contributed by atoms with van der Waals surface area (Å²) in [5.74, 6) is -1.43. The van der Waals surface area contributed by atoms with E-state index in [1.807, 2.05) is 19.1 Å². The van der Waals surface area contributed by atoms with E-state index in [0.717, 1.165) is 23.1 Å². The van der Waals surface area contributed by atoms with Gasteiger partial charge < -0.3 is 20.3 Å². The fraction of sp³-hybridized carbons (Fsp3) is 0.160. The molecule has 0 fully saturated rings. The minimum Gasteiger partial charge on any atom is -0.538 e. The molecule has 0 aliphatic heterocycles. The number of hydrogen-bond donors (Lipinski definition) is 2. The molecule has 0 radical (unpaired) electrons. The van der Waals surface area contributed by atoms with E-state index in [1.165, 1.54) is 4.68 Å². The molecule has 11 heteroatoms. The van der Waals surface area contributed by atoms with Crippen LogP contribution in [0.4, 0.5) is 10.7 Å². The predicted octanol–water partition coefficient (Wildman–Crippen LogP) is 4.03. The number of nitrogens with zero attached hydrogens (tertiary/aromatic N) is 3.